The largest absolute Gasteiger partial charge is 0.332 e. The standard InChI is InChI=1S/C22H22N4O2/c1-2-22-9-5-10-25-11-8-15-14-6-3-4-7-16(14)26(19(15)20(22)25)17(12-22)21-23-18(13-27)24-28-21/h3-4,6-7,12-13,20H,2,5,8-11H2,1H3/t20-,22+/m1/s1. The number of aldehydes is 1. The second-order valence-corrected chi connectivity index (χ2v) is 8.20. The zero-order valence-electron chi connectivity index (χ0n) is 15.9. The zero-order valence-corrected chi connectivity index (χ0v) is 15.9. The monoisotopic (exact) mass is 374 g/mol. The van der Waals surface area contributed by atoms with Crippen LogP contribution in [0.15, 0.2) is 34.9 Å². The van der Waals surface area contributed by atoms with Gasteiger partial charge in [-0.1, -0.05) is 30.3 Å². The number of hydrogen-bond acceptors (Lipinski definition) is 5. The zero-order chi connectivity index (χ0) is 18.9. The lowest BCUT2D eigenvalue weighted by atomic mass is 9.66. The summed E-state index contributed by atoms with van der Waals surface area (Å²) in [5, 5.41) is 5.15. The maximum absolute atomic E-state index is 11.1. The van der Waals surface area contributed by atoms with Gasteiger partial charge in [0.2, 0.25) is 5.82 Å². The van der Waals surface area contributed by atoms with Crippen molar-refractivity contribution in [2.75, 3.05) is 13.1 Å². The van der Waals surface area contributed by atoms with E-state index in [2.05, 4.69) is 56.9 Å². The molecule has 1 saturated heterocycles. The predicted molar refractivity (Wildman–Crippen MR) is 105 cm³/mol. The molecule has 3 aliphatic rings. The van der Waals surface area contributed by atoms with E-state index < -0.39 is 0 Å². The molecule has 5 heterocycles. The van der Waals surface area contributed by atoms with Crippen LogP contribution < -0.4 is 0 Å². The van der Waals surface area contributed by atoms with Crippen molar-refractivity contribution >= 4 is 22.9 Å². The van der Waals surface area contributed by atoms with Crippen LogP contribution in [0.4, 0.5) is 0 Å². The smallest absolute Gasteiger partial charge is 0.274 e. The molecule has 1 fully saturated rings. The summed E-state index contributed by atoms with van der Waals surface area (Å²) in [7, 11) is 0. The van der Waals surface area contributed by atoms with Crippen molar-refractivity contribution in [3.8, 4) is 0 Å². The second kappa shape index (κ2) is 5.64. The Morgan fingerprint density at radius 3 is 3.04 bits per heavy atom. The Labute approximate surface area is 162 Å². The maximum atomic E-state index is 11.1. The van der Waals surface area contributed by atoms with Crippen molar-refractivity contribution in [1.29, 1.82) is 0 Å². The summed E-state index contributed by atoms with van der Waals surface area (Å²) in [4.78, 5) is 18.2. The molecule has 3 aromatic rings. The fraction of sp³-hybridized carbons (Fsp3) is 0.409. The van der Waals surface area contributed by atoms with Crippen LogP contribution in [0.3, 0.4) is 0 Å². The van der Waals surface area contributed by atoms with Crippen LogP contribution in [0.1, 0.15) is 60.0 Å². The van der Waals surface area contributed by atoms with Crippen molar-refractivity contribution in [2.24, 2.45) is 5.41 Å². The van der Waals surface area contributed by atoms with Crippen molar-refractivity contribution in [1.82, 2.24) is 19.6 Å². The predicted octanol–water partition coefficient (Wildman–Crippen LogP) is 3.83. The minimum absolute atomic E-state index is 0.0585. The quantitative estimate of drug-likeness (QED) is 0.652. The van der Waals surface area contributed by atoms with Crippen molar-refractivity contribution in [3.63, 3.8) is 0 Å². The number of hydrogen-bond donors (Lipinski definition) is 0. The number of piperidine rings is 1. The van der Waals surface area contributed by atoms with E-state index in [0.29, 0.717) is 18.2 Å². The highest BCUT2D eigenvalue weighted by Crippen LogP contribution is 2.57. The summed E-state index contributed by atoms with van der Waals surface area (Å²) < 4.78 is 7.85. The average Bonchev–Trinajstić information content (AvgIpc) is 3.35. The topological polar surface area (TPSA) is 64.2 Å². The number of fused-ring (bicyclic) bond motifs is 3. The van der Waals surface area contributed by atoms with Crippen LogP contribution in [0.2, 0.25) is 0 Å². The molecule has 3 aliphatic heterocycles. The Balaban J connectivity index is 1.71. The Morgan fingerprint density at radius 2 is 2.21 bits per heavy atom. The van der Waals surface area contributed by atoms with Gasteiger partial charge in [-0.3, -0.25) is 9.69 Å². The lowest BCUT2D eigenvalue weighted by Gasteiger charge is -2.53. The molecule has 6 rings (SSSR count). The first-order chi connectivity index (χ1) is 13.8. The Morgan fingerprint density at radius 1 is 1.32 bits per heavy atom. The number of aromatic nitrogens is 3. The van der Waals surface area contributed by atoms with Crippen LogP contribution in [0.5, 0.6) is 0 Å². The van der Waals surface area contributed by atoms with Gasteiger partial charge >= 0.3 is 0 Å². The summed E-state index contributed by atoms with van der Waals surface area (Å²) in [5.41, 5.74) is 5.01. The highest BCUT2D eigenvalue weighted by Gasteiger charge is 2.50. The Bertz CT molecular complexity index is 1140. The van der Waals surface area contributed by atoms with E-state index >= 15 is 0 Å². The van der Waals surface area contributed by atoms with Crippen LogP contribution in [-0.4, -0.2) is 39.0 Å². The van der Waals surface area contributed by atoms with Gasteiger partial charge in [-0.15, -0.1) is 0 Å². The number of carbonyl (C=O) groups is 1. The number of nitrogens with zero attached hydrogens (tertiary/aromatic N) is 4. The minimum Gasteiger partial charge on any atom is -0.332 e. The molecule has 28 heavy (non-hydrogen) atoms. The third-order valence-electron chi connectivity index (χ3n) is 7.02. The molecule has 1 aromatic carbocycles. The lowest BCUT2D eigenvalue weighted by molar-refractivity contribution is 0.0269. The van der Waals surface area contributed by atoms with Crippen molar-refractivity contribution in [3.05, 3.63) is 53.3 Å². The molecule has 0 bridgehead atoms. The SMILES string of the molecule is CC[C@@]12C=C(c3nc(C=O)no3)n3c4c(c5ccccc53)CCN(CCC1)[C@H]42. The van der Waals surface area contributed by atoms with Gasteiger partial charge < -0.3 is 9.09 Å². The summed E-state index contributed by atoms with van der Waals surface area (Å²) in [6.45, 7) is 4.56. The normalized spacial score (nSPS) is 26.2. The third kappa shape index (κ3) is 1.93. The van der Waals surface area contributed by atoms with Gasteiger partial charge in [0.05, 0.1) is 11.6 Å². The highest BCUT2D eigenvalue weighted by molar-refractivity contribution is 5.91. The molecular weight excluding hydrogens is 352 g/mol. The lowest BCUT2D eigenvalue weighted by Crippen LogP contribution is -2.50. The van der Waals surface area contributed by atoms with Crippen LogP contribution in [-0.2, 0) is 6.42 Å². The van der Waals surface area contributed by atoms with Crippen molar-refractivity contribution in [2.45, 2.75) is 38.6 Å². The van der Waals surface area contributed by atoms with Gasteiger partial charge in [-0.25, -0.2) is 0 Å². The molecular formula is C22H22N4O2. The minimum atomic E-state index is 0.0585. The third-order valence-corrected chi connectivity index (χ3v) is 7.02. The molecule has 0 N–H and O–H groups in total. The molecule has 0 unspecified atom stereocenters. The maximum Gasteiger partial charge on any atom is 0.274 e. The van der Waals surface area contributed by atoms with Gasteiger partial charge in [0, 0.05) is 23.0 Å². The molecule has 0 aliphatic carbocycles. The first-order valence-electron chi connectivity index (χ1n) is 10.1. The number of benzene rings is 1. The summed E-state index contributed by atoms with van der Waals surface area (Å²) in [6.07, 6.45) is 7.49. The van der Waals surface area contributed by atoms with E-state index in [1.54, 1.807) is 0 Å². The Hall–Kier alpha value is -2.73. The second-order valence-electron chi connectivity index (χ2n) is 8.20. The molecule has 2 atom stereocenters. The van der Waals surface area contributed by atoms with E-state index in [0.717, 1.165) is 38.0 Å². The summed E-state index contributed by atoms with van der Waals surface area (Å²) >= 11 is 0. The average molecular weight is 374 g/mol. The van der Waals surface area contributed by atoms with E-state index in [4.69, 9.17) is 4.52 Å². The molecule has 0 spiro atoms. The highest BCUT2D eigenvalue weighted by atomic mass is 16.5. The van der Waals surface area contributed by atoms with E-state index in [-0.39, 0.29) is 11.2 Å². The van der Waals surface area contributed by atoms with Gasteiger partial charge in [-0.2, -0.15) is 4.98 Å². The summed E-state index contributed by atoms with van der Waals surface area (Å²) in [6, 6.07) is 8.99. The number of rotatable bonds is 3. The van der Waals surface area contributed by atoms with E-state index in [9.17, 15) is 4.79 Å². The molecule has 142 valence electrons. The Kier molecular flexibility index (Phi) is 3.27. The van der Waals surface area contributed by atoms with Gasteiger partial charge in [0.25, 0.3) is 5.89 Å². The molecule has 6 nitrogen and oxygen atoms in total. The molecule has 2 aromatic heterocycles. The van der Waals surface area contributed by atoms with E-state index in [1.807, 2.05) is 0 Å². The molecule has 0 amide bonds. The van der Waals surface area contributed by atoms with Crippen LogP contribution in [0.25, 0.3) is 16.6 Å². The fourth-order valence-corrected chi connectivity index (χ4v) is 5.82. The molecule has 6 heteroatoms. The van der Waals surface area contributed by atoms with Crippen LogP contribution in [0, 0.1) is 5.41 Å². The first-order valence-corrected chi connectivity index (χ1v) is 10.1. The molecule has 0 saturated carbocycles. The van der Waals surface area contributed by atoms with E-state index in [1.165, 1.54) is 28.6 Å². The van der Waals surface area contributed by atoms with Gasteiger partial charge in [0.15, 0.2) is 6.29 Å². The van der Waals surface area contributed by atoms with Crippen LogP contribution >= 0.6 is 0 Å². The number of carbonyl (C=O) groups excluding carboxylic acids is 1. The molecule has 0 radical (unpaired) electrons. The van der Waals surface area contributed by atoms with Gasteiger partial charge in [0.1, 0.15) is 5.70 Å². The number of para-hydroxylation sites is 1. The first kappa shape index (κ1) is 16.2. The fourth-order valence-electron chi connectivity index (χ4n) is 5.82. The summed E-state index contributed by atoms with van der Waals surface area (Å²) in [5.74, 6) is 0.527. The van der Waals surface area contributed by atoms with Crippen molar-refractivity contribution < 1.29 is 9.32 Å². The van der Waals surface area contributed by atoms with Gasteiger partial charge in [-0.05, 0) is 49.9 Å².